The summed E-state index contributed by atoms with van der Waals surface area (Å²) in [5, 5.41) is 0. The minimum Gasteiger partial charge on any atom is -0.352 e. The molecule has 0 spiro atoms. The summed E-state index contributed by atoms with van der Waals surface area (Å²) in [7, 11) is 0. The maximum Gasteiger partial charge on any atom is 0.164 e. The molecule has 0 aromatic rings. The minimum atomic E-state index is 0.0428. The summed E-state index contributed by atoms with van der Waals surface area (Å²) in [6.07, 6.45) is 2.40. The van der Waals surface area contributed by atoms with Crippen LogP contribution in [-0.2, 0) is 9.47 Å². The molecule has 0 N–H and O–H groups in total. The summed E-state index contributed by atoms with van der Waals surface area (Å²) in [4.78, 5) is 0. The highest BCUT2D eigenvalue weighted by Gasteiger charge is 2.34. The summed E-state index contributed by atoms with van der Waals surface area (Å²) in [6.45, 7) is 5.49. The lowest BCUT2D eigenvalue weighted by Crippen LogP contribution is -2.25. The number of hydrogen-bond acceptors (Lipinski definition) is 2. The Morgan fingerprint density at radius 3 is 3.10 bits per heavy atom. The van der Waals surface area contributed by atoms with E-state index < -0.39 is 0 Å². The van der Waals surface area contributed by atoms with E-state index in [0.29, 0.717) is 12.5 Å². The molecule has 2 unspecified atom stereocenters. The highest BCUT2D eigenvalue weighted by molar-refractivity contribution is 5.07. The number of ether oxygens (including phenoxy) is 2. The lowest BCUT2D eigenvalue weighted by molar-refractivity contribution is -0.150. The zero-order valence-corrected chi connectivity index (χ0v) is 6.01. The number of fused-ring (bicyclic) bond motifs is 1. The molecule has 2 atom stereocenters. The number of rotatable bonds is 0. The molecule has 0 aromatic heterocycles. The van der Waals surface area contributed by atoms with Crippen molar-refractivity contribution >= 4 is 0 Å². The lowest BCUT2D eigenvalue weighted by atomic mass is 9.96. The van der Waals surface area contributed by atoms with Crippen LogP contribution < -0.4 is 0 Å². The van der Waals surface area contributed by atoms with Crippen molar-refractivity contribution in [2.24, 2.45) is 5.92 Å². The van der Waals surface area contributed by atoms with E-state index in [1.165, 1.54) is 12.0 Å². The van der Waals surface area contributed by atoms with Crippen LogP contribution in [0.25, 0.3) is 0 Å². The van der Waals surface area contributed by atoms with Gasteiger partial charge in [0.05, 0.1) is 6.61 Å². The van der Waals surface area contributed by atoms with Crippen molar-refractivity contribution in [1.82, 2.24) is 0 Å². The first-order chi connectivity index (χ1) is 4.88. The van der Waals surface area contributed by atoms with E-state index in [9.17, 15) is 0 Å². The monoisotopic (exact) mass is 140 g/mol. The maximum absolute atomic E-state index is 5.39. The van der Waals surface area contributed by atoms with Gasteiger partial charge in [-0.2, -0.15) is 0 Å². The largest absolute Gasteiger partial charge is 0.352 e. The van der Waals surface area contributed by atoms with Gasteiger partial charge in [0.2, 0.25) is 0 Å². The Bertz CT molecular complexity index is 153. The molecular formula is C8H12O2. The topological polar surface area (TPSA) is 18.5 Å². The first-order valence-electron chi connectivity index (χ1n) is 3.79. The van der Waals surface area contributed by atoms with Crippen LogP contribution in [0.15, 0.2) is 12.2 Å². The van der Waals surface area contributed by atoms with Gasteiger partial charge >= 0.3 is 0 Å². The molecule has 0 radical (unpaired) electrons. The van der Waals surface area contributed by atoms with Crippen molar-refractivity contribution in [2.45, 2.75) is 19.1 Å². The van der Waals surface area contributed by atoms with E-state index >= 15 is 0 Å². The summed E-state index contributed by atoms with van der Waals surface area (Å²) in [5.41, 5.74) is 1.21. The zero-order chi connectivity index (χ0) is 6.97. The maximum atomic E-state index is 5.39. The van der Waals surface area contributed by atoms with Gasteiger partial charge in [0.1, 0.15) is 0 Å². The Morgan fingerprint density at radius 1 is 1.40 bits per heavy atom. The minimum absolute atomic E-state index is 0.0428. The molecule has 2 aliphatic heterocycles. The van der Waals surface area contributed by atoms with Crippen molar-refractivity contribution in [3.05, 3.63) is 12.2 Å². The van der Waals surface area contributed by atoms with Crippen molar-refractivity contribution < 1.29 is 9.47 Å². The highest BCUT2D eigenvalue weighted by atomic mass is 16.7. The Kier molecular flexibility index (Phi) is 1.51. The lowest BCUT2D eigenvalue weighted by Gasteiger charge is -2.24. The molecule has 2 aliphatic rings. The molecule has 2 fully saturated rings. The molecule has 0 amide bonds. The van der Waals surface area contributed by atoms with Crippen LogP contribution >= 0.6 is 0 Å². The standard InChI is InChI=1S/C8H12O2/c1-6-5-10-8-7(6)3-2-4-9-8/h7-8H,1-5H2. The summed E-state index contributed by atoms with van der Waals surface area (Å²) in [5.74, 6) is 0.494. The average Bonchev–Trinajstić information content (AvgIpc) is 2.34. The average molecular weight is 140 g/mol. The van der Waals surface area contributed by atoms with Crippen molar-refractivity contribution in [1.29, 1.82) is 0 Å². The van der Waals surface area contributed by atoms with Crippen LogP contribution in [0.5, 0.6) is 0 Å². The molecule has 2 nitrogen and oxygen atoms in total. The molecule has 0 aromatic carbocycles. The third-order valence-electron chi connectivity index (χ3n) is 2.23. The Labute approximate surface area is 60.8 Å². The molecule has 0 aliphatic carbocycles. The molecule has 0 bridgehead atoms. The molecule has 10 heavy (non-hydrogen) atoms. The van der Waals surface area contributed by atoms with Crippen LogP contribution in [0.2, 0.25) is 0 Å². The molecular weight excluding hydrogens is 128 g/mol. The first kappa shape index (κ1) is 6.38. The van der Waals surface area contributed by atoms with Gasteiger partial charge in [0, 0.05) is 12.5 Å². The van der Waals surface area contributed by atoms with Crippen molar-refractivity contribution in [2.75, 3.05) is 13.2 Å². The van der Waals surface area contributed by atoms with Crippen LogP contribution in [0.3, 0.4) is 0 Å². The van der Waals surface area contributed by atoms with Gasteiger partial charge in [-0.3, -0.25) is 0 Å². The highest BCUT2D eigenvalue weighted by Crippen LogP contribution is 2.32. The van der Waals surface area contributed by atoms with Crippen molar-refractivity contribution in [3.8, 4) is 0 Å². The fourth-order valence-corrected chi connectivity index (χ4v) is 1.61. The molecule has 56 valence electrons. The van der Waals surface area contributed by atoms with Gasteiger partial charge < -0.3 is 9.47 Å². The third-order valence-corrected chi connectivity index (χ3v) is 2.23. The van der Waals surface area contributed by atoms with Crippen LogP contribution in [0, 0.1) is 5.92 Å². The van der Waals surface area contributed by atoms with E-state index in [2.05, 4.69) is 6.58 Å². The Morgan fingerprint density at radius 2 is 2.30 bits per heavy atom. The van der Waals surface area contributed by atoms with Crippen molar-refractivity contribution in [3.63, 3.8) is 0 Å². The predicted molar refractivity (Wildman–Crippen MR) is 37.6 cm³/mol. The normalized spacial score (nSPS) is 39.8. The second-order valence-electron chi connectivity index (χ2n) is 2.96. The van der Waals surface area contributed by atoms with Gasteiger partial charge in [0.15, 0.2) is 6.29 Å². The van der Waals surface area contributed by atoms with Gasteiger partial charge in [-0.1, -0.05) is 6.58 Å². The smallest absolute Gasteiger partial charge is 0.164 e. The molecule has 2 heteroatoms. The van der Waals surface area contributed by atoms with E-state index in [1.807, 2.05) is 0 Å². The van der Waals surface area contributed by atoms with Gasteiger partial charge in [-0.05, 0) is 18.4 Å². The van der Waals surface area contributed by atoms with E-state index in [1.54, 1.807) is 0 Å². The van der Waals surface area contributed by atoms with Crippen LogP contribution in [0.4, 0.5) is 0 Å². The van der Waals surface area contributed by atoms with Crippen LogP contribution in [0.1, 0.15) is 12.8 Å². The summed E-state index contributed by atoms with van der Waals surface area (Å²) >= 11 is 0. The predicted octanol–water partition coefficient (Wildman–Crippen LogP) is 1.33. The fraction of sp³-hybridized carbons (Fsp3) is 0.750. The van der Waals surface area contributed by atoms with Gasteiger partial charge in [-0.25, -0.2) is 0 Å². The van der Waals surface area contributed by atoms with E-state index in [-0.39, 0.29) is 6.29 Å². The van der Waals surface area contributed by atoms with Gasteiger partial charge in [-0.15, -0.1) is 0 Å². The second kappa shape index (κ2) is 2.36. The SMILES string of the molecule is C=C1COC2OCCCC12. The quantitative estimate of drug-likeness (QED) is 0.472. The van der Waals surface area contributed by atoms with Gasteiger partial charge in [0.25, 0.3) is 0 Å². The zero-order valence-electron chi connectivity index (χ0n) is 6.01. The molecule has 0 saturated carbocycles. The second-order valence-corrected chi connectivity index (χ2v) is 2.96. The Balaban J connectivity index is 2.08. The molecule has 2 heterocycles. The van der Waals surface area contributed by atoms with E-state index in [0.717, 1.165) is 13.0 Å². The van der Waals surface area contributed by atoms with Crippen LogP contribution in [-0.4, -0.2) is 19.5 Å². The molecule has 2 rings (SSSR count). The third kappa shape index (κ3) is 0.879. The number of hydrogen-bond donors (Lipinski definition) is 0. The summed E-state index contributed by atoms with van der Waals surface area (Å²) < 4.78 is 10.7. The van der Waals surface area contributed by atoms with E-state index in [4.69, 9.17) is 9.47 Å². The first-order valence-corrected chi connectivity index (χ1v) is 3.79. The summed E-state index contributed by atoms with van der Waals surface area (Å²) in [6, 6.07) is 0. The molecule has 2 saturated heterocycles. The fourth-order valence-electron chi connectivity index (χ4n) is 1.61. The Hall–Kier alpha value is -0.340.